The lowest BCUT2D eigenvalue weighted by Crippen LogP contribution is -2.40. The number of hydrogen-bond donors (Lipinski definition) is 1. The first-order chi connectivity index (χ1) is 9.08. The van der Waals surface area contributed by atoms with Crippen molar-refractivity contribution in [2.45, 2.75) is 19.8 Å². The molecule has 1 heterocycles. The van der Waals surface area contributed by atoms with Crippen LogP contribution >= 0.6 is 0 Å². The highest BCUT2D eigenvalue weighted by molar-refractivity contribution is 5.92. The predicted octanol–water partition coefficient (Wildman–Crippen LogP) is 2.02. The van der Waals surface area contributed by atoms with Gasteiger partial charge < -0.3 is 10.2 Å². The number of para-hydroxylation sites is 1. The summed E-state index contributed by atoms with van der Waals surface area (Å²) < 4.78 is 13.4. The van der Waals surface area contributed by atoms with Gasteiger partial charge in [-0.25, -0.2) is 4.39 Å². The number of nitrogens with zero attached hydrogens (tertiary/aromatic N) is 1. The fourth-order valence-electron chi connectivity index (χ4n) is 2.25. The summed E-state index contributed by atoms with van der Waals surface area (Å²) in [5.41, 5.74) is 0.210. The molecule has 1 aliphatic rings. The molecule has 1 aromatic rings. The second kappa shape index (κ2) is 5.82. The first kappa shape index (κ1) is 13.5. The molecule has 2 rings (SSSR count). The van der Waals surface area contributed by atoms with Crippen LogP contribution in [0.5, 0.6) is 0 Å². The molecule has 0 unspecified atom stereocenters. The van der Waals surface area contributed by atoms with E-state index in [2.05, 4.69) is 5.32 Å². The molecule has 19 heavy (non-hydrogen) atoms. The van der Waals surface area contributed by atoms with Gasteiger partial charge in [-0.3, -0.25) is 9.59 Å². The molecule has 5 heteroatoms. The van der Waals surface area contributed by atoms with Crippen molar-refractivity contribution >= 4 is 17.5 Å². The lowest BCUT2D eigenvalue weighted by Gasteiger charge is -2.30. The van der Waals surface area contributed by atoms with Crippen LogP contribution in [-0.4, -0.2) is 29.8 Å². The van der Waals surface area contributed by atoms with Gasteiger partial charge in [0.15, 0.2) is 0 Å². The first-order valence-electron chi connectivity index (χ1n) is 6.39. The van der Waals surface area contributed by atoms with Gasteiger partial charge in [-0.2, -0.15) is 0 Å². The first-order valence-corrected chi connectivity index (χ1v) is 6.39. The normalized spacial score (nSPS) is 16.2. The molecule has 1 N–H and O–H groups in total. The second-order valence-corrected chi connectivity index (χ2v) is 4.75. The Hall–Kier alpha value is -1.91. The van der Waals surface area contributed by atoms with Crippen LogP contribution in [0.4, 0.5) is 10.1 Å². The van der Waals surface area contributed by atoms with Crippen LogP contribution in [0.2, 0.25) is 0 Å². The minimum atomic E-state index is -0.433. The molecule has 0 aromatic heterocycles. The highest BCUT2D eigenvalue weighted by Crippen LogP contribution is 2.20. The molecule has 1 fully saturated rings. The Balaban J connectivity index is 1.92. The van der Waals surface area contributed by atoms with E-state index in [4.69, 9.17) is 0 Å². The number of anilines is 1. The van der Waals surface area contributed by atoms with Gasteiger partial charge in [0.2, 0.25) is 11.8 Å². The third-order valence-corrected chi connectivity index (χ3v) is 3.44. The fourth-order valence-corrected chi connectivity index (χ4v) is 2.25. The van der Waals surface area contributed by atoms with Crippen LogP contribution in [0.25, 0.3) is 0 Å². The maximum atomic E-state index is 13.4. The van der Waals surface area contributed by atoms with E-state index >= 15 is 0 Å². The van der Waals surface area contributed by atoms with Crippen LogP contribution in [0.1, 0.15) is 19.8 Å². The summed E-state index contributed by atoms with van der Waals surface area (Å²) in [5, 5.41) is 2.61. The summed E-state index contributed by atoms with van der Waals surface area (Å²) in [5.74, 6) is -0.728. The third kappa shape index (κ3) is 3.30. The van der Waals surface area contributed by atoms with E-state index in [0.717, 1.165) is 0 Å². The molecule has 4 nitrogen and oxygen atoms in total. The molecule has 1 aliphatic heterocycles. The number of nitrogens with one attached hydrogen (secondary N) is 1. The van der Waals surface area contributed by atoms with Gasteiger partial charge in [-0.05, 0) is 25.0 Å². The summed E-state index contributed by atoms with van der Waals surface area (Å²) in [6, 6.07) is 6.11. The van der Waals surface area contributed by atoms with E-state index < -0.39 is 5.82 Å². The summed E-state index contributed by atoms with van der Waals surface area (Å²) in [6.07, 6.45) is 1.25. The van der Waals surface area contributed by atoms with Crippen molar-refractivity contribution in [2.75, 3.05) is 18.4 Å². The lowest BCUT2D eigenvalue weighted by molar-refractivity contribution is -0.132. The number of benzene rings is 1. The van der Waals surface area contributed by atoms with Gasteiger partial charge in [0.05, 0.1) is 5.69 Å². The van der Waals surface area contributed by atoms with Crippen molar-refractivity contribution < 1.29 is 14.0 Å². The minimum Gasteiger partial charge on any atom is -0.343 e. The molecular formula is C14H17FN2O2. The van der Waals surface area contributed by atoms with E-state index in [-0.39, 0.29) is 23.4 Å². The number of halogens is 1. The molecule has 0 atom stereocenters. The lowest BCUT2D eigenvalue weighted by atomic mass is 9.96. The maximum Gasteiger partial charge on any atom is 0.227 e. The number of rotatable bonds is 2. The zero-order valence-corrected chi connectivity index (χ0v) is 10.9. The van der Waals surface area contributed by atoms with E-state index in [1.807, 2.05) is 0 Å². The average molecular weight is 264 g/mol. The second-order valence-electron chi connectivity index (χ2n) is 4.75. The smallest absolute Gasteiger partial charge is 0.227 e. The van der Waals surface area contributed by atoms with Crippen LogP contribution in [0, 0.1) is 11.7 Å². The van der Waals surface area contributed by atoms with Gasteiger partial charge in [-0.15, -0.1) is 0 Å². The molecule has 1 saturated heterocycles. The third-order valence-electron chi connectivity index (χ3n) is 3.44. The van der Waals surface area contributed by atoms with Crippen molar-refractivity contribution in [1.82, 2.24) is 4.90 Å². The number of hydrogen-bond acceptors (Lipinski definition) is 2. The standard InChI is InChI=1S/C14H17FN2O2/c1-10(18)17-8-6-11(7-9-17)14(19)16-13-5-3-2-4-12(13)15/h2-5,11H,6-9H2,1H3,(H,16,19). The number of carbonyl (C=O) groups excluding carboxylic acids is 2. The Labute approximate surface area is 111 Å². The zero-order chi connectivity index (χ0) is 13.8. The summed E-state index contributed by atoms with van der Waals surface area (Å²) in [4.78, 5) is 24.9. The summed E-state index contributed by atoms with van der Waals surface area (Å²) in [6.45, 7) is 2.70. The largest absolute Gasteiger partial charge is 0.343 e. The Morgan fingerprint density at radius 1 is 1.26 bits per heavy atom. The number of amides is 2. The fraction of sp³-hybridized carbons (Fsp3) is 0.429. The Bertz CT molecular complexity index is 482. The zero-order valence-electron chi connectivity index (χ0n) is 10.9. The van der Waals surface area contributed by atoms with Crippen molar-refractivity contribution in [3.05, 3.63) is 30.1 Å². The summed E-state index contributed by atoms with van der Waals surface area (Å²) >= 11 is 0. The molecule has 0 bridgehead atoms. The average Bonchev–Trinajstić information content (AvgIpc) is 2.41. The van der Waals surface area contributed by atoms with Crippen LogP contribution in [0.3, 0.4) is 0 Å². The highest BCUT2D eigenvalue weighted by atomic mass is 19.1. The van der Waals surface area contributed by atoms with Crippen LogP contribution < -0.4 is 5.32 Å². The van der Waals surface area contributed by atoms with Crippen LogP contribution in [-0.2, 0) is 9.59 Å². The molecule has 0 saturated carbocycles. The molecule has 2 amide bonds. The monoisotopic (exact) mass is 264 g/mol. The summed E-state index contributed by atoms with van der Waals surface area (Å²) in [7, 11) is 0. The SMILES string of the molecule is CC(=O)N1CCC(C(=O)Nc2ccccc2F)CC1. The van der Waals surface area contributed by atoms with Gasteiger partial charge in [-0.1, -0.05) is 12.1 Å². The predicted molar refractivity (Wildman–Crippen MR) is 70.0 cm³/mol. The molecule has 0 spiro atoms. The van der Waals surface area contributed by atoms with Crippen molar-refractivity contribution in [2.24, 2.45) is 5.92 Å². The number of piperidine rings is 1. The van der Waals surface area contributed by atoms with E-state index in [1.165, 1.54) is 19.1 Å². The van der Waals surface area contributed by atoms with E-state index in [9.17, 15) is 14.0 Å². The number of likely N-dealkylation sites (tertiary alicyclic amines) is 1. The molecule has 0 aliphatic carbocycles. The van der Waals surface area contributed by atoms with Gasteiger partial charge in [0, 0.05) is 25.9 Å². The quantitative estimate of drug-likeness (QED) is 0.888. The minimum absolute atomic E-state index is 0.0351. The van der Waals surface area contributed by atoms with Crippen molar-refractivity contribution in [3.8, 4) is 0 Å². The highest BCUT2D eigenvalue weighted by Gasteiger charge is 2.26. The molecule has 102 valence electrons. The van der Waals surface area contributed by atoms with Gasteiger partial charge >= 0.3 is 0 Å². The van der Waals surface area contributed by atoms with Crippen LogP contribution in [0.15, 0.2) is 24.3 Å². The van der Waals surface area contributed by atoms with Crippen molar-refractivity contribution in [3.63, 3.8) is 0 Å². The van der Waals surface area contributed by atoms with E-state index in [1.54, 1.807) is 17.0 Å². The van der Waals surface area contributed by atoms with Crippen molar-refractivity contribution in [1.29, 1.82) is 0 Å². The molecule has 0 radical (unpaired) electrons. The Kier molecular flexibility index (Phi) is 4.14. The Morgan fingerprint density at radius 3 is 2.47 bits per heavy atom. The maximum absolute atomic E-state index is 13.4. The topological polar surface area (TPSA) is 49.4 Å². The molecular weight excluding hydrogens is 247 g/mol. The van der Waals surface area contributed by atoms with Gasteiger partial charge in [0.1, 0.15) is 5.82 Å². The molecule has 1 aromatic carbocycles. The van der Waals surface area contributed by atoms with Gasteiger partial charge in [0.25, 0.3) is 0 Å². The van der Waals surface area contributed by atoms with E-state index in [0.29, 0.717) is 25.9 Å². The number of carbonyl (C=O) groups is 2. The Morgan fingerprint density at radius 2 is 1.89 bits per heavy atom.